The van der Waals surface area contributed by atoms with Gasteiger partial charge in [0.05, 0.1) is 24.3 Å². The molecule has 0 spiro atoms. The molecular weight excluding hydrogens is 284 g/mol. The van der Waals surface area contributed by atoms with Crippen LogP contribution in [-0.2, 0) is 4.74 Å². The van der Waals surface area contributed by atoms with Gasteiger partial charge in [-0.3, -0.25) is 0 Å². The molecule has 0 radical (unpaired) electrons. The van der Waals surface area contributed by atoms with Crippen LogP contribution >= 0.6 is 12.2 Å². The van der Waals surface area contributed by atoms with E-state index in [1.807, 2.05) is 19.1 Å². The van der Waals surface area contributed by atoms with E-state index >= 15 is 0 Å². The second kappa shape index (κ2) is 5.14. The number of imidazole rings is 1. The quantitative estimate of drug-likeness (QED) is 0.872. The highest BCUT2D eigenvalue weighted by molar-refractivity contribution is 7.71. The number of fused-ring (bicyclic) bond motifs is 1. The summed E-state index contributed by atoms with van der Waals surface area (Å²) in [4.78, 5) is 3.33. The van der Waals surface area contributed by atoms with Gasteiger partial charge < -0.3 is 19.0 Å². The lowest BCUT2D eigenvalue weighted by Gasteiger charge is -2.20. The first-order valence-electron chi connectivity index (χ1n) is 7.77. The van der Waals surface area contributed by atoms with Gasteiger partial charge in [0.15, 0.2) is 4.77 Å². The smallest absolute Gasteiger partial charge is 0.178 e. The molecule has 21 heavy (non-hydrogen) atoms. The molecule has 1 saturated heterocycles. The molecule has 112 valence electrons. The molecule has 1 saturated carbocycles. The number of hydrogen-bond acceptors (Lipinski definition) is 3. The van der Waals surface area contributed by atoms with Crippen LogP contribution in [-0.4, -0.2) is 28.9 Å². The van der Waals surface area contributed by atoms with Crippen molar-refractivity contribution in [1.82, 2.24) is 9.55 Å². The molecule has 2 aliphatic rings. The zero-order valence-electron chi connectivity index (χ0n) is 12.2. The molecule has 0 amide bonds. The topological polar surface area (TPSA) is 39.2 Å². The third-order valence-corrected chi connectivity index (χ3v) is 4.83. The highest BCUT2D eigenvalue weighted by atomic mass is 32.1. The maximum atomic E-state index is 5.98. The Morgan fingerprint density at radius 2 is 2.24 bits per heavy atom. The van der Waals surface area contributed by atoms with E-state index in [0.717, 1.165) is 40.5 Å². The van der Waals surface area contributed by atoms with Gasteiger partial charge in [-0.05, 0) is 56.5 Å². The number of aromatic amines is 1. The zero-order valence-corrected chi connectivity index (χ0v) is 13.0. The predicted molar refractivity (Wildman–Crippen MR) is 84.4 cm³/mol. The number of aromatic nitrogens is 2. The summed E-state index contributed by atoms with van der Waals surface area (Å²) in [6.07, 6.45) is 3.95. The number of nitrogens with one attached hydrogen (secondary N) is 1. The second-order valence-corrected chi connectivity index (χ2v) is 6.30. The fraction of sp³-hybridized carbons (Fsp3) is 0.562. The fourth-order valence-corrected chi connectivity index (χ4v) is 3.81. The molecule has 0 bridgehead atoms. The van der Waals surface area contributed by atoms with Gasteiger partial charge in [-0.15, -0.1) is 0 Å². The molecule has 1 N–H and O–H groups in total. The minimum Gasteiger partial charge on any atom is -0.492 e. The fourth-order valence-electron chi connectivity index (χ4n) is 3.48. The first-order chi connectivity index (χ1) is 10.3. The second-order valence-electron chi connectivity index (χ2n) is 5.91. The number of ether oxygens (including phenoxy) is 2. The SMILES string of the molecule is CCOc1cccc2c1[nH]c(=S)n2C1CCOC1C1CC1. The molecule has 1 aliphatic heterocycles. The Balaban J connectivity index is 1.83. The van der Waals surface area contributed by atoms with E-state index in [1.165, 1.54) is 12.8 Å². The van der Waals surface area contributed by atoms with Gasteiger partial charge in [-0.1, -0.05) is 6.07 Å². The van der Waals surface area contributed by atoms with Crippen molar-refractivity contribution in [2.75, 3.05) is 13.2 Å². The van der Waals surface area contributed by atoms with Crippen LogP contribution in [0.4, 0.5) is 0 Å². The Kier molecular flexibility index (Phi) is 3.27. The molecule has 2 unspecified atom stereocenters. The van der Waals surface area contributed by atoms with Crippen LogP contribution in [0.15, 0.2) is 18.2 Å². The molecule has 1 aromatic heterocycles. The van der Waals surface area contributed by atoms with E-state index in [0.29, 0.717) is 18.8 Å². The molecule has 5 heteroatoms. The highest BCUT2D eigenvalue weighted by Gasteiger charge is 2.42. The summed E-state index contributed by atoms with van der Waals surface area (Å²) in [6, 6.07) is 6.50. The average Bonchev–Trinajstić information content (AvgIpc) is 3.11. The maximum absolute atomic E-state index is 5.98. The molecule has 1 aliphatic carbocycles. The van der Waals surface area contributed by atoms with Gasteiger partial charge in [0.1, 0.15) is 11.3 Å². The molecule has 1 aromatic carbocycles. The number of nitrogens with zero attached hydrogens (tertiary/aromatic N) is 1. The van der Waals surface area contributed by atoms with Crippen LogP contribution in [0.5, 0.6) is 5.75 Å². The lowest BCUT2D eigenvalue weighted by atomic mass is 10.1. The zero-order chi connectivity index (χ0) is 14.4. The Bertz CT molecular complexity index is 717. The summed E-state index contributed by atoms with van der Waals surface area (Å²) in [5.41, 5.74) is 2.14. The third-order valence-electron chi connectivity index (χ3n) is 4.54. The number of rotatable bonds is 4. The summed E-state index contributed by atoms with van der Waals surface area (Å²) in [6.45, 7) is 3.49. The van der Waals surface area contributed by atoms with Gasteiger partial charge in [0, 0.05) is 6.61 Å². The standard InChI is InChI=1S/C16H20N2O2S/c1-2-19-13-5-3-4-11-14(13)17-16(21)18(11)12-8-9-20-15(12)10-6-7-10/h3-5,10,12,15H,2,6-9H2,1H3,(H,17,21). The van der Waals surface area contributed by atoms with E-state index in [-0.39, 0.29) is 0 Å². The van der Waals surface area contributed by atoms with Crippen molar-refractivity contribution >= 4 is 23.3 Å². The Morgan fingerprint density at radius 1 is 1.38 bits per heavy atom. The predicted octanol–water partition coefficient (Wildman–Crippen LogP) is 3.84. The number of H-pyrrole nitrogens is 1. The van der Waals surface area contributed by atoms with Gasteiger partial charge in [-0.2, -0.15) is 0 Å². The lowest BCUT2D eigenvalue weighted by molar-refractivity contribution is 0.0756. The highest BCUT2D eigenvalue weighted by Crippen LogP contribution is 2.44. The largest absolute Gasteiger partial charge is 0.492 e. The van der Waals surface area contributed by atoms with Crippen LogP contribution in [0.25, 0.3) is 11.0 Å². The van der Waals surface area contributed by atoms with Crippen molar-refractivity contribution in [3.63, 3.8) is 0 Å². The minimum atomic E-state index is 0.325. The van der Waals surface area contributed by atoms with Crippen LogP contribution < -0.4 is 4.74 Å². The van der Waals surface area contributed by atoms with E-state index in [4.69, 9.17) is 21.7 Å². The van der Waals surface area contributed by atoms with Gasteiger partial charge in [0.25, 0.3) is 0 Å². The number of hydrogen-bond donors (Lipinski definition) is 1. The summed E-state index contributed by atoms with van der Waals surface area (Å²) in [5.74, 6) is 1.60. The molecular formula is C16H20N2O2S. The monoisotopic (exact) mass is 304 g/mol. The molecule has 2 atom stereocenters. The van der Waals surface area contributed by atoms with Crippen molar-refractivity contribution in [2.24, 2.45) is 5.92 Å². The van der Waals surface area contributed by atoms with Crippen LogP contribution in [0.1, 0.15) is 32.2 Å². The Hall–Kier alpha value is -1.33. The van der Waals surface area contributed by atoms with Crippen molar-refractivity contribution < 1.29 is 9.47 Å². The summed E-state index contributed by atoms with van der Waals surface area (Å²) in [7, 11) is 0. The Morgan fingerprint density at radius 3 is 3.00 bits per heavy atom. The van der Waals surface area contributed by atoms with E-state index in [2.05, 4.69) is 15.6 Å². The van der Waals surface area contributed by atoms with E-state index in [9.17, 15) is 0 Å². The summed E-state index contributed by atoms with van der Waals surface area (Å²) in [5, 5.41) is 0. The normalized spacial score (nSPS) is 25.6. The van der Waals surface area contributed by atoms with Crippen LogP contribution in [0.3, 0.4) is 0 Å². The average molecular weight is 304 g/mol. The maximum Gasteiger partial charge on any atom is 0.178 e. The van der Waals surface area contributed by atoms with Crippen molar-refractivity contribution in [3.8, 4) is 5.75 Å². The van der Waals surface area contributed by atoms with Crippen molar-refractivity contribution in [1.29, 1.82) is 0 Å². The number of para-hydroxylation sites is 1. The van der Waals surface area contributed by atoms with Crippen LogP contribution in [0, 0.1) is 10.7 Å². The van der Waals surface area contributed by atoms with E-state index < -0.39 is 0 Å². The van der Waals surface area contributed by atoms with Crippen LogP contribution in [0.2, 0.25) is 0 Å². The first kappa shape index (κ1) is 13.3. The lowest BCUT2D eigenvalue weighted by Crippen LogP contribution is -2.22. The van der Waals surface area contributed by atoms with Gasteiger partial charge >= 0.3 is 0 Å². The summed E-state index contributed by atoms with van der Waals surface area (Å²) < 4.78 is 14.7. The molecule has 2 aromatic rings. The summed E-state index contributed by atoms with van der Waals surface area (Å²) >= 11 is 5.59. The van der Waals surface area contributed by atoms with Gasteiger partial charge in [-0.25, -0.2) is 0 Å². The van der Waals surface area contributed by atoms with Crippen molar-refractivity contribution in [3.05, 3.63) is 23.0 Å². The third kappa shape index (κ3) is 2.19. The minimum absolute atomic E-state index is 0.325. The first-order valence-corrected chi connectivity index (χ1v) is 8.18. The number of benzene rings is 1. The van der Waals surface area contributed by atoms with E-state index in [1.54, 1.807) is 0 Å². The molecule has 2 heterocycles. The van der Waals surface area contributed by atoms with Crippen molar-refractivity contribution in [2.45, 2.75) is 38.3 Å². The Labute approximate surface area is 129 Å². The molecule has 2 fully saturated rings. The molecule has 4 rings (SSSR count). The molecule has 4 nitrogen and oxygen atoms in total. The van der Waals surface area contributed by atoms with Gasteiger partial charge in [0.2, 0.25) is 0 Å².